The van der Waals surface area contributed by atoms with Gasteiger partial charge in [0, 0.05) is 36.7 Å². The smallest absolute Gasteiger partial charge is 0.226 e. The van der Waals surface area contributed by atoms with Crippen LogP contribution < -0.4 is 15.0 Å². The van der Waals surface area contributed by atoms with Crippen molar-refractivity contribution in [3.63, 3.8) is 0 Å². The fraction of sp³-hybridized carbons (Fsp3) is 0.273. The third kappa shape index (κ3) is 3.42. The van der Waals surface area contributed by atoms with E-state index in [1.807, 2.05) is 36.5 Å². The Balaban J connectivity index is 1.14. The summed E-state index contributed by atoms with van der Waals surface area (Å²) in [6.07, 6.45) is 2.86. The van der Waals surface area contributed by atoms with E-state index in [0.717, 1.165) is 46.1 Å². The van der Waals surface area contributed by atoms with Crippen LogP contribution in [0, 0.1) is 5.92 Å². The first kappa shape index (κ1) is 18.0. The maximum absolute atomic E-state index is 12.5. The first-order valence-electron chi connectivity index (χ1n) is 9.73. The molecule has 0 bridgehead atoms. The van der Waals surface area contributed by atoms with Crippen molar-refractivity contribution in [2.24, 2.45) is 5.92 Å². The molecule has 0 saturated carbocycles. The maximum Gasteiger partial charge on any atom is 0.226 e. The number of aromatic amines is 1. The maximum atomic E-state index is 12.5. The number of amides is 1. The van der Waals surface area contributed by atoms with E-state index in [2.05, 4.69) is 32.3 Å². The molecule has 6 nitrogen and oxygen atoms in total. The molecule has 0 spiro atoms. The number of H-pyrrole nitrogens is 1. The van der Waals surface area contributed by atoms with Crippen molar-refractivity contribution < 1.29 is 9.53 Å². The number of anilines is 1. The second-order valence-electron chi connectivity index (χ2n) is 7.33. The lowest BCUT2D eigenvalue weighted by Crippen LogP contribution is -2.54. The Kier molecular flexibility index (Phi) is 4.60. The molecular weight excluding hydrogens is 384 g/mol. The third-order valence-corrected chi connectivity index (χ3v) is 6.55. The number of thiazole rings is 1. The first-order valence-corrected chi connectivity index (χ1v) is 10.5. The largest absolute Gasteiger partial charge is 0.497 e. The summed E-state index contributed by atoms with van der Waals surface area (Å²) in [4.78, 5) is 22.6. The van der Waals surface area contributed by atoms with Crippen LogP contribution in [0.15, 0.2) is 48.7 Å². The molecule has 2 N–H and O–H groups in total. The number of carbonyl (C=O) groups excluding carboxylic acids is 1. The standard InChI is InChI=1S/C22H22N4O2S/c1-28-16-6-7-19-20(10-16)29-22(25-19)26-12-15(13-26)21(27)23-9-8-14-11-24-18-5-3-2-4-17(14)18/h2-7,10-11,15,24H,8-9,12-13H2,1H3,(H,23,27). The van der Waals surface area contributed by atoms with Gasteiger partial charge in [0.15, 0.2) is 5.13 Å². The lowest BCUT2D eigenvalue weighted by atomic mass is 10.00. The Bertz CT molecular complexity index is 1180. The fourth-order valence-electron chi connectivity index (χ4n) is 3.76. The molecule has 7 heteroatoms. The van der Waals surface area contributed by atoms with Crippen LogP contribution in [-0.4, -0.2) is 42.6 Å². The zero-order valence-electron chi connectivity index (χ0n) is 16.1. The topological polar surface area (TPSA) is 70.2 Å². The summed E-state index contributed by atoms with van der Waals surface area (Å²) in [6.45, 7) is 2.09. The molecule has 0 unspecified atom stereocenters. The highest BCUT2D eigenvalue weighted by atomic mass is 32.1. The first-order chi connectivity index (χ1) is 14.2. The minimum Gasteiger partial charge on any atom is -0.497 e. The third-order valence-electron chi connectivity index (χ3n) is 5.48. The predicted molar refractivity (Wildman–Crippen MR) is 117 cm³/mol. The zero-order valence-corrected chi connectivity index (χ0v) is 17.0. The molecule has 1 aliphatic heterocycles. The van der Waals surface area contributed by atoms with Crippen LogP contribution in [0.3, 0.4) is 0 Å². The lowest BCUT2D eigenvalue weighted by molar-refractivity contribution is -0.125. The van der Waals surface area contributed by atoms with Gasteiger partial charge in [-0.2, -0.15) is 0 Å². The van der Waals surface area contributed by atoms with Crippen molar-refractivity contribution in [3.05, 3.63) is 54.2 Å². The highest BCUT2D eigenvalue weighted by Crippen LogP contribution is 2.34. The second kappa shape index (κ2) is 7.40. The molecule has 1 fully saturated rings. The molecule has 0 aliphatic carbocycles. The van der Waals surface area contributed by atoms with Crippen LogP contribution in [-0.2, 0) is 11.2 Å². The van der Waals surface area contributed by atoms with E-state index in [1.54, 1.807) is 18.4 Å². The number of ether oxygens (including phenoxy) is 1. The van der Waals surface area contributed by atoms with Gasteiger partial charge in [-0.25, -0.2) is 4.98 Å². The summed E-state index contributed by atoms with van der Waals surface area (Å²) in [5.74, 6) is 0.993. The molecule has 4 aromatic rings. The van der Waals surface area contributed by atoms with Gasteiger partial charge in [0.05, 0.1) is 23.2 Å². The summed E-state index contributed by atoms with van der Waals surface area (Å²) in [5, 5.41) is 5.28. The molecule has 2 aromatic heterocycles. The Hall–Kier alpha value is -3.06. The molecule has 29 heavy (non-hydrogen) atoms. The van der Waals surface area contributed by atoms with Gasteiger partial charge in [0.25, 0.3) is 0 Å². The molecule has 5 rings (SSSR count). The van der Waals surface area contributed by atoms with Crippen molar-refractivity contribution in [1.82, 2.24) is 15.3 Å². The number of aromatic nitrogens is 2. The SMILES string of the molecule is COc1ccc2nc(N3CC(C(=O)NCCc4c[nH]c5ccccc45)C3)sc2c1. The molecule has 148 valence electrons. The summed E-state index contributed by atoms with van der Waals surface area (Å²) < 4.78 is 6.38. The highest BCUT2D eigenvalue weighted by Gasteiger charge is 2.34. The monoisotopic (exact) mass is 406 g/mol. The van der Waals surface area contributed by atoms with Crippen LogP contribution >= 0.6 is 11.3 Å². The van der Waals surface area contributed by atoms with E-state index in [1.165, 1.54) is 10.9 Å². The number of hydrogen-bond donors (Lipinski definition) is 2. The molecule has 1 aliphatic rings. The molecule has 3 heterocycles. The summed E-state index contributed by atoms with van der Waals surface area (Å²) in [7, 11) is 1.67. The minimum atomic E-state index is 0.0273. The van der Waals surface area contributed by atoms with Gasteiger partial charge in [-0.1, -0.05) is 29.5 Å². The van der Waals surface area contributed by atoms with Gasteiger partial charge in [0.2, 0.25) is 5.91 Å². The lowest BCUT2D eigenvalue weighted by Gasteiger charge is -2.37. The Morgan fingerprint density at radius 2 is 2.17 bits per heavy atom. The van der Waals surface area contributed by atoms with Crippen LogP contribution in [0.2, 0.25) is 0 Å². The number of carbonyl (C=O) groups is 1. The van der Waals surface area contributed by atoms with Crippen molar-refractivity contribution in [2.45, 2.75) is 6.42 Å². The number of nitrogens with zero attached hydrogens (tertiary/aromatic N) is 2. The van der Waals surface area contributed by atoms with E-state index in [9.17, 15) is 4.79 Å². The van der Waals surface area contributed by atoms with Crippen molar-refractivity contribution >= 4 is 43.5 Å². The van der Waals surface area contributed by atoms with Gasteiger partial charge < -0.3 is 19.9 Å². The van der Waals surface area contributed by atoms with E-state index >= 15 is 0 Å². The number of nitrogens with one attached hydrogen (secondary N) is 2. The van der Waals surface area contributed by atoms with Gasteiger partial charge in [-0.3, -0.25) is 4.79 Å². The number of methoxy groups -OCH3 is 1. The molecule has 1 amide bonds. The van der Waals surface area contributed by atoms with E-state index in [0.29, 0.717) is 6.54 Å². The Morgan fingerprint density at radius 1 is 1.31 bits per heavy atom. The quantitative estimate of drug-likeness (QED) is 0.513. The van der Waals surface area contributed by atoms with Gasteiger partial charge in [-0.05, 0) is 36.2 Å². The second-order valence-corrected chi connectivity index (χ2v) is 8.34. The average Bonchev–Trinajstić information content (AvgIpc) is 3.30. The predicted octanol–water partition coefficient (Wildman–Crippen LogP) is 3.58. The number of hydrogen-bond acceptors (Lipinski definition) is 5. The number of rotatable bonds is 6. The van der Waals surface area contributed by atoms with Crippen LogP contribution in [0.1, 0.15) is 5.56 Å². The molecule has 0 atom stereocenters. The van der Waals surface area contributed by atoms with Gasteiger partial charge >= 0.3 is 0 Å². The molecular formula is C22H22N4O2S. The van der Waals surface area contributed by atoms with E-state index in [4.69, 9.17) is 4.74 Å². The number of para-hydroxylation sites is 1. The number of benzene rings is 2. The fourth-order valence-corrected chi connectivity index (χ4v) is 4.77. The van der Waals surface area contributed by atoms with E-state index in [-0.39, 0.29) is 11.8 Å². The molecule has 1 saturated heterocycles. The summed E-state index contributed by atoms with van der Waals surface area (Å²) >= 11 is 1.64. The minimum absolute atomic E-state index is 0.0273. The van der Waals surface area contributed by atoms with E-state index < -0.39 is 0 Å². The Morgan fingerprint density at radius 3 is 3.03 bits per heavy atom. The van der Waals surface area contributed by atoms with Crippen LogP contribution in [0.4, 0.5) is 5.13 Å². The molecule has 0 radical (unpaired) electrons. The van der Waals surface area contributed by atoms with Crippen LogP contribution in [0.5, 0.6) is 5.75 Å². The number of fused-ring (bicyclic) bond motifs is 2. The van der Waals surface area contributed by atoms with Crippen LogP contribution in [0.25, 0.3) is 21.1 Å². The zero-order chi connectivity index (χ0) is 19.8. The summed E-state index contributed by atoms with van der Waals surface area (Å²) in [6, 6.07) is 14.1. The summed E-state index contributed by atoms with van der Waals surface area (Å²) in [5.41, 5.74) is 3.34. The Labute approximate surface area is 172 Å². The van der Waals surface area contributed by atoms with Gasteiger partial charge in [-0.15, -0.1) is 0 Å². The normalized spacial score (nSPS) is 14.3. The average molecular weight is 407 g/mol. The van der Waals surface area contributed by atoms with Crippen molar-refractivity contribution in [1.29, 1.82) is 0 Å². The van der Waals surface area contributed by atoms with Crippen molar-refractivity contribution in [3.8, 4) is 5.75 Å². The van der Waals surface area contributed by atoms with Gasteiger partial charge in [0.1, 0.15) is 5.75 Å². The molecule has 2 aromatic carbocycles. The highest BCUT2D eigenvalue weighted by molar-refractivity contribution is 7.22. The van der Waals surface area contributed by atoms with Crippen molar-refractivity contribution in [2.75, 3.05) is 31.6 Å².